The number of rotatable bonds is 8. The molecule has 15 heteroatoms. The summed E-state index contributed by atoms with van der Waals surface area (Å²) in [6.07, 6.45) is -1.60. The Morgan fingerprint density at radius 1 is 1.23 bits per heavy atom. The van der Waals surface area contributed by atoms with Gasteiger partial charge in [0.2, 0.25) is 11.8 Å². The smallest absolute Gasteiger partial charge is 0.374 e. The lowest BCUT2D eigenvalue weighted by Crippen LogP contribution is -2.64. The number of amides is 2. The molecule has 1 aromatic heterocycles. The van der Waals surface area contributed by atoms with Crippen LogP contribution in [0.15, 0.2) is 36.4 Å². The van der Waals surface area contributed by atoms with Gasteiger partial charge in [-0.3, -0.25) is 14.5 Å². The van der Waals surface area contributed by atoms with Gasteiger partial charge in [-0.2, -0.15) is 18.4 Å². The average Bonchev–Trinajstić information content (AvgIpc) is 3.00. The molecule has 0 bridgehead atoms. The molecule has 3 aliphatic rings. The number of morpholine rings is 1. The second kappa shape index (κ2) is 14.5. The fourth-order valence-electron chi connectivity index (χ4n) is 6.32. The lowest BCUT2D eigenvalue weighted by atomic mass is 10.0. The second-order valence-electron chi connectivity index (χ2n) is 12.6. The van der Waals surface area contributed by atoms with Crippen LogP contribution in [-0.2, 0) is 20.5 Å². The van der Waals surface area contributed by atoms with Gasteiger partial charge in [0.25, 0.3) is 0 Å². The number of pyridine rings is 1. The topological polar surface area (TPSA) is 108 Å². The van der Waals surface area contributed by atoms with E-state index in [4.69, 9.17) is 4.74 Å². The van der Waals surface area contributed by atoms with Gasteiger partial charge in [-0.25, -0.2) is 9.37 Å². The molecular formula is C33H40F4N8O3. The van der Waals surface area contributed by atoms with Crippen molar-refractivity contribution in [1.82, 2.24) is 19.7 Å². The molecular weight excluding hydrogens is 632 g/mol. The summed E-state index contributed by atoms with van der Waals surface area (Å²) in [6, 6.07) is 5.92. The number of nitrogens with zero attached hydrogens (tertiary/aromatic N) is 7. The first-order valence-electron chi connectivity index (χ1n) is 15.8. The Morgan fingerprint density at radius 3 is 2.67 bits per heavy atom. The number of para-hydroxylation sites is 1. The number of aryl methyl sites for hydroxylation is 1. The molecule has 11 nitrogen and oxygen atoms in total. The number of hydrogen-bond donors (Lipinski definition) is 1. The number of nitriles is 1. The van der Waals surface area contributed by atoms with E-state index < -0.39 is 35.1 Å². The monoisotopic (exact) mass is 672 g/mol. The van der Waals surface area contributed by atoms with Crippen molar-refractivity contribution in [1.29, 1.82) is 5.26 Å². The van der Waals surface area contributed by atoms with Crippen molar-refractivity contribution < 1.29 is 31.9 Å². The molecule has 0 saturated carbocycles. The quantitative estimate of drug-likeness (QED) is 0.335. The van der Waals surface area contributed by atoms with E-state index in [1.807, 2.05) is 25.1 Å². The molecule has 2 atom stereocenters. The Kier molecular flexibility index (Phi) is 10.6. The Labute approximate surface area is 277 Å². The van der Waals surface area contributed by atoms with Crippen LogP contribution < -0.4 is 15.1 Å². The third-order valence-corrected chi connectivity index (χ3v) is 8.85. The standard InChI is InChI=1S/C33H40F4N8O3/c1-21-15-25(33(35,36)37)24(16-38)31(39-21)40-27-10-12-44(30-26(34)7-5-8-28(30)42(4)32(27)47)20-23-19-43(13-14-48-23)22-17-45(18-22)29(46)9-6-11-41(2)3/h5-9,15,22-23,27H,10-14,17-20H2,1-4H3,(H,39,40)/b9-6+. The number of benzene rings is 1. The fraction of sp³-hybridized carbons (Fsp3) is 0.515. The van der Waals surface area contributed by atoms with Gasteiger partial charge < -0.3 is 29.7 Å². The molecule has 2 fully saturated rings. The summed E-state index contributed by atoms with van der Waals surface area (Å²) in [5.74, 6) is -1.40. The van der Waals surface area contributed by atoms with Gasteiger partial charge >= 0.3 is 6.18 Å². The Balaban J connectivity index is 1.32. The number of likely N-dealkylation sites (tertiary alicyclic amines) is 1. The lowest BCUT2D eigenvalue weighted by Gasteiger charge is -2.48. The van der Waals surface area contributed by atoms with Gasteiger partial charge in [-0.1, -0.05) is 12.1 Å². The maximum atomic E-state index is 15.5. The summed E-state index contributed by atoms with van der Waals surface area (Å²) in [7, 11) is 5.34. The normalized spacial score (nSPS) is 21.2. The van der Waals surface area contributed by atoms with Crippen molar-refractivity contribution in [2.45, 2.75) is 37.7 Å². The molecule has 258 valence electrons. The molecule has 1 aromatic carbocycles. The summed E-state index contributed by atoms with van der Waals surface area (Å²) in [5, 5.41) is 12.5. The first-order chi connectivity index (χ1) is 22.8. The molecule has 2 unspecified atom stereocenters. The van der Waals surface area contributed by atoms with Crippen molar-refractivity contribution in [3.05, 3.63) is 59.1 Å². The van der Waals surface area contributed by atoms with Crippen molar-refractivity contribution in [3.8, 4) is 6.07 Å². The van der Waals surface area contributed by atoms with E-state index in [0.29, 0.717) is 45.0 Å². The number of aromatic nitrogens is 1. The SMILES string of the molecule is Cc1cc(C(F)(F)F)c(C#N)c(NC2CCN(CC3CN(C4CN(C(=O)/C=C/CN(C)C)C4)CCO3)c3c(F)cccc3N(C)C2=O)n1. The molecule has 0 spiro atoms. The largest absolute Gasteiger partial charge is 0.417 e. The van der Waals surface area contributed by atoms with Gasteiger partial charge in [-0.05, 0) is 45.6 Å². The molecule has 4 heterocycles. The molecule has 2 saturated heterocycles. The fourth-order valence-corrected chi connectivity index (χ4v) is 6.32. The molecule has 2 aromatic rings. The molecule has 1 N–H and O–H groups in total. The van der Waals surface area contributed by atoms with Crippen LogP contribution in [0.25, 0.3) is 0 Å². The van der Waals surface area contributed by atoms with E-state index in [0.717, 1.165) is 6.07 Å². The highest BCUT2D eigenvalue weighted by atomic mass is 19.4. The van der Waals surface area contributed by atoms with E-state index in [-0.39, 0.29) is 54.8 Å². The summed E-state index contributed by atoms with van der Waals surface area (Å²) in [6.45, 7) is 5.41. The predicted molar refractivity (Wildman–Crippen MR) is 172 cm³/mol. The van der Waals surface area contributed by atoms with Crippen LogP contribution in [0.5, 0.6) is 0 Å². The number of halogens is 4. The number of carbonyl (C=O) groups is 2. The minimum Gasteiger partial charge on any atom is -0.374 e. The Hall–Kier alpha value is -4.26. The highest BCUT2D eigenvalue weighted by molar-refractivity contribution is 6.01. The molecule has 3 aliphatic heterocycles. The van der Waals surface area contributed by atoms with E-state index in [9.17, 15) is 28.0 Å². The Morgan fingerprint density at radius 2 is 1.98 bits per heavy atom. The zero-order valence-corrected chi connectivity index (χ0v) is 27.4. The average molecular weight is 673 g/mol. The van der Waals surface area contributed by atoms with Gasteiger partial charge in [0.05, 0.1) is 29.6 Å². The van der Waals surface area contributed by atoms with Crippen LogP contribution in [0.1, 0.15) is 23.2 Å². The van der Waals surface area contributed by atoms with E-state index in [2.05, 4.69) is 15.2 Å². The third kappa shape index (κ3) is 7.72. The van der Waals surface area contributed by atoms with Gasteiger partial charge in [-0.15, -0.1) is 0 Å². The molecule has 0 aliphatic carbocycles. The predicted octanol–water partition coefficient (Wildman–Crippen LogP) is 3.10. The van der Waals surface area contributed by atoms with Gasteiger partial charge in [0, 0.05) is 70.7 Å². The molecule has 48 heavy (non-hydrogen) atoms. The number of likely N-dealkylation sites (N-methyl/N-ethyl adjacent to an activating group) is 2. The highest BCUT2D eigenvalue weighted by Gasteiger charge is 2.39. The minimum absolute atomic E-state index is 0.0233. The number of alkyl halides is 3. The maximum Gasteiger partial charge on any atom is 0.417 e. The molecule has 0 radical (unpaired) electrons. The second-order valence-corrected chi connectivity index (χ2v) is 12.6. The number of anilines is 3. The molecule has 2 amide bonds. The Bertz CT molecular complexity index is 1590. The lowest BCUT2D eigenvalue weighted by molar-refractivity contribution is -0.138. The first kappa shape index (κ1) is 35.1. The molecule has 5 rings (SSSR count). The van der Waals surface area contributed by atoms with Gasteiger partial charge in [0.1, 0.15) is 29.3 Å². The van der Waals surface area contributed by atoms with Crippen LogP contribution in [-0.4, -0.2) is 123 Å². The number of ether oxygens (including phenoxy) is 1. The van der Waals surface area contributed by atoms with Gasteiger partial charge in [0.15, 0.2) is 0 Å². The van der Waals surface area contributed by atoms with Crippen molar-refractivity contribution in [2.75, 3.05) is 88.7 Å². The zero-order chi connectivity index (χ0) is 34.7. The van der Waals surface area contributed by atoms with Crippen LogP contribution in [0.3, 0.4) is 0 Å². The summed E-state index contributed by atoms with van der Waals surface area (Å²) >= 11 is 0. The summed E-state index contributed by atoms with van der Waals surface area (Å²) in [4.78, 5) is 39.5. The number of nitrogens with one attached hydrogen (secondary N) is 1. The van der Waals surface area contributed by atoms with Crippen LogP contribution in [0, 0.1) is 24.1 Å². The zero-order valence-electron chi connectivity index (χ0n) is 27.4. The van der Waals surface area contributed by atoms with Crippen molar-refractivity contribution in [2.24, 2.45) is 0 Å². The number of carbonyl (C=O) groups excluding carboxylic acids is 2. The van der Waals surface area contributed by atoms with E-state index in [1.165, 1.54) is 31.0 Å². The number of fused-ring (bicyclic) bond motifs is 1. The van der Waals surface area contributed by atoms with E-state index >= 15 is 4.39 Å². The van der Waals surface area contributed by atoms with Crippen LogP contribution in [0.4, 0.5) is 34.8 Å². The highest BCUT2D eigenvalue weighted by Crippen LogP contribution is 2.37. The minimum atomic E-state index is -4.80. The van der Waals surface area contributed by atoms with Crippen molar-refractivity contribution in [3.63, 3.8) is 0 Å². The maximum absolute atomic E-state index is 15.5. The first-order valence-corrected chi connectivity index (χ1v) is 15.8. The van der Waals surface area contributed by atoms with Crippen LogP contribution in [0.2, 0.25) is 0 Å². The summed E-state index contributed by atoms with van der Waals surface area (Å²) in [5.41, 5.74) is -1.29. The van der Waals surface area contributed by atoms with E-state index in [1.54, 1.807) is 28.0 Å². The number of hydrogen-bond acceptors (Lipinski definition) is 9. The van der Waals surface area contributed by atoms with Crippen LogP contribution >= 0.6 is 0 Å². The van der Waals surface area contributed by atoms with Crippen molar-refractivity contribution >= 4 is 29.0 Å². The third-order valence-electron chi connectivity index (χ3n) is 8.85. The summed E-state index contributed by atoms with van der Waals surface area (Å²) < 4.78 is 62.9.